The Balaban J connectivity index is 2.30. The summed E-state index contributed by atoms with van der Waals surface area (Å²) in [5, 5.41) is 1.10. The summed E-state index contributed by atoms with van der Waals surface area (Å²) < 4.78 is 7.41. The molecule has 1 aromatic carbocycles. The normalized spacial score (nSPS) is 10.9. The minimum absolute atomic E-state index is 0.822. The van der Waals surface area contributed by atoms with E-state index in [1.807, 2.05) is 31.5 Å². The maximum atomic E-state index is 5.28. The van der Waals surface area contributed by atoms with Crippen LogP contribution >= 0.6 is 0 Å². The number of imidazole rings is 1. The molecule has 0 amide bonds. The molecule has 3 rings (SSSR count). The van der Waals surface area contributed by atoms with Crippen molar-refractivity contribution in [1.82, 2.24) is 14.5 Å². The van der Waals surface area contributed by atoms with Crippen LogP contribution in [0.1, 0.15) is 18.4 Å². The standard InChI is InChI=1S/C16H17N3O/c1-4-16-17-7-8-19(16)15-9-11(2)18-14-10-12(20-3)5-6-13(14)15/h5-10H,4H2,1-3H3. The molecule has 4 nitrogen and oxygen atoms in total. The van der Waals surface area contributed by atoms with Crippen LogP contribution in [-0.2, 0) is 6.42 Å². The third kappa shape index (κ3) is 2.03. The first-order valence-electron chi connectivity index (χ1n) is 6.71. The van der Waals surface area contributed by atoms with Crippen LogP contribution in [0.4, 0.5) is 0 Å². The topological polar surface area (TPSA) is 39.9 Å². The SMILES string of the molecule is CCc1nccn1-c1cc(C)nc2cc(OC)ccc12. The molecule has 20 heavy (non-hydrogen) atoms. The maximum Gasteiger partial charge on any atom is 0.121 e. The predicted molar refractivity (Wildman–Crippen MR) is 79.5 cm³/mol. The van der Waals surface area contributed by atoms with Gasteiger partial charge in [-0.15, -0.1) is 0 Å². The highest BCUT2D eigenvalue weighted by Crippen LogP contribution is 2.26. The van der Waals surface area contributed by atoms with Gasteiger partial charge in [0.15, 0.2) is 0 Å². The Bertz CT molecular complexity index is 762. The van der Waals surface area contributed by atoms with Crippen molar-refractivity contribution >= 4 is 10.9 Å². The Morgan fingerprint density at radius 1 is 1.25 bits per heavy atom. The molecule has 0 spiro atoms. The molecule has 0 aliphatic rings. The second-order valence-corrected chi connectivity index (χ2v) is 4.73. The van der Waals surface area contributed by atoms with Crippen molar-refractivity contribution in [1.29, 1.82) is 0 Å². The maximum absolute atomic E-state index is 5.28. The molecule has 3 aromatic rings. The average Bonchev–Trinajstić information content (AvgIpc) is 2.93. The van der Waals surface area contributed by atoms with E-state index in [1.54, 1.807) is 7.11 Å². The summed E-state index contributed by atoms with van der Waals surface area (Å²) in [4.78, 5) is 9.00. The van der Waals surface area contributed by atoms with Gasteiger partial charge in [-0.2, -0.15) is 0 Å². The number of rotatable bonds is 3. The van der Waals surface area contributed by atoms with Gasteiger partial charge in [0.2, 0.25) is 0 Å². The lowest BCUT2D eigenvalue weighted by molar-refractivity contribution is 0.415. The van der Waals surface area contributed by atoms with Gasteiger partial charge < -0.3 is 9.30 Å². The fraction of sp³-hybridized carbons (Fsp3) is 0.250. The Morgan fingerprint density at radius 2 is 2.10 bits per heavy atom. The summed E-state index contributed by atoms with van der Waals surface area (Å²) >= 11 is 0. The van der Waals surface area contributed by atoms with Crippen molar-refractivity contribution in [3.63, 3.8) is 0 Å². The van der Waals surface area contributed by atoms with Gasteiger partial charge in [0.05, 0.1) is 18.3 Å². The largest absolute Gasteiger partial charge is 0.497 e. The van der Waals surface area contributed by atoms with E-state index in [4.69, 9.17) is 4.74 Å². The van der Waals surface area contributed by atoms with Crippen molar-refractivity contribution in [2.45, 2.75) is 20.3 Å². The lowest BCUT2D eigenvalue weighted by Gasteiger charge is -2.12. The molecule has 0 saturated carbocycles. The summed E-state index contributed by atoms with van der Waals surface area (Å²) in [5.74, 6) is 1.87. The molecule has 0 unspecified atom stereocenters. The fourth-order valence-electron chi connectivity index (χ4n) is 2.46. The average molecular weight is 267 g/mol. The van der Waals surface area contributed by atoms with Crippen LogP contribution in [0.15, 0.2) is 36.7 Å². The number of aryl methyl sites for hydroxylation is 2. The van der Waals surface area contributed by atoms with Crippen molar-refractivity contribution in [2.24, 2.45) is 0 Å². The van der Waals surface area contributed by atoms with Crippen LogP contribution in [-0.4, -0.2) is 21.6 Å². The first kappa shape index (κ1) is 12.7. The van der Waals surface area contributed by atoms with Crippen LogP contribution in [0.25, 0.3) is 16.6 Å². The van der Waals surface area contributed by atoms with E-state index >= 15 is 0 Å². The lowest BCUT2D eigenvalue weighted by Crippen LogP contribution is -2.01. The van der Waals surface area contributed by atoms with E-state index in [1.165, 1.54) is 0 Å². The highest BCUT2D eigenvalue weighted by molar-refractivity contribution is 5.88. The van der Waals surface area contributed by atoms with Crippen LogP contribution < -0.4 is 4.74 Å². The molecule has 4 heteroatoms. The predicted octanol–water partition coefficient (Wildman–Crippen LogP) is 3.30. The van der Waals surface area contributed by atoms with E-state index < -0.39 is 0 Å². The van der Waals surface area contributed by atoms with Gasteiger partial charge in [0.25, 0.3) is 0 Å². The zero-order chi connectivity index (χ0) is 14.1. The molecule has 2 aromatic heterocycles. The van der Waals surface area contributed by atoms with E-state index in [2.05, 4.69) is 33.6 Å². The highest BCUT2D eigenvalue weighted by atomic mass is 16.5. The Hall–Kier alpha value is -2.36. The molecule has 102 valence electrons. The third-order valence-electron chi connectivity index (χ3n) is 3.42. The van der Waals surface area contributed by atoms with E-state index in [-0.39, 0.29) is 0 Å². The van der Waals surface area contributed by atoms with Gasteiger partial charge in [-0.3, -0.25) is 4.98 Å². The van der Waals surface area contributed by atoms with Gasteiger partial charge in [-0.25, -0.2) is 4.98 Å². The second-order valence-electron chi connectivity index (χ2n) is 4.73. The van der Waals surface area contributed by atoms with Crippen LogP contribution in [0.5, 0.6) is 5.75 Å². The Kier molecular flexibility index (Phi) is 3.14. The van der Waals surface area contributed by atoms with Crippen LogP contribution in [0, 0.1) is 6.92 Å². The van der Waals surface area contributed by atoms with Crippen LogP contribution in [0.2, 0.25) is 0 Å². The van der Waals surface area contributed by atoms with E-state index in [0.29, 0.717) is 0 Å². The number of hydrogen-bond donors (Lipinski definition) is 0. The molecule has 2 heterocycles. The minimum atomic E-state index is 0.822. The Labute approximate surface area is 118 Å². The van der Waals surface area contributed by atoms with Gasteiger partial charge in [-0.05, 0) is 25.1 Å². The number of ether oxygens (including phenoxy) is 1. The second kappa shape index (κ2) is 4.96. The van der Waals surface area contributed by atoms with E-state index in [0.717, 1.165) is 40.3 Å². The monoisotopic (exact) mass is 267 g/mol. The molecule has 0 aliphatic carbocycles. The number of methoxy groups -OCH3 is 1. The Morgan fingerprint density at radius 3 is 2.85 bits per heavy atom. The molecule has 0 bridgehead atoms. The molecular formula is C16H17N3O. The van der Waals surface area contributed by atoms with Crippen LogP contribution in [0.3, 0.4) is 0 Å². The summed E-state index contributed by atoms with van der Waals surface area (Å²) in [5.41, 5.74) is 3.04. The molecule has 0 radical (unpaired) electrons. The van der Waals surface area contributed by atoms with Gasteiger partial charge in [0, 0.05) is 36.0 Å². The number of hydrogen-bond acceptors (Lipinski definition) is 3. The zero-order valence-electron chi connectivity index (χ0n) is 11.9. The summed E-state index contributed by atoms with van der Waals surface area (Å²) in [6, 6.07) is 8.07. The number of fused-ring (bicyclic) bond motifs is 1. The molecule has 0 fully saturated rings. The van der Waals surface area contributed by atoms with Gasteiger partial charge in [-0.1, -0.05) is 6.92 Å². The number of nitrogens with zero attached hydrogens (tertiary/aromatic N) is 3. The van der Waals surface area contributed by atoms with Gasteiger partial charge >= 0.3 is 0 Å². The number of aromatic nitrogens is 3. The molecule has 0 saturated heterocycles. The van der Waals surface area contributed by atoms with E-state index in [9.17, 15) is 0 Å². The summed E-state index contributed by atoms with van der Waals surface area (Å²) in [6.45, 7) is 4.11. The smallest absolute Gasteiger partial charge is 0.121 e. The van der Waals surface area contributed by atoms with Gasteiger partial charge in [0.1, 0.15) is 11.6 Å². The van der Waals surface area contributed by atoms with Crippen molar-refractivity contribution in [3.8, 4) is 11.4 Å². The molecule has 0 aliphatic heterocycles. The van der Waals surface area contributed by atoms with Crippen molar-refractivity contribution in [2.75, 3.05) is 7.11 Å². The first-order chi connectivity index (χ1) is 9.72. The third-order valence-corrected chi connectivity index (χ3v) is 3.42. The zero-order valence-corrected chi connectivity index (χ0v) is 11.9. The first-order valence-corrected chi connectivity index (χ1v) is 6.71. The van der Waals surface area contributed by atoms with Crippen molar-refractivity contribution < 1.29 is 4.74 Å². The highest BCUT2D eigenvalue weighted by Gasteiger charge is 2.10. The molecular weight excluding hydrogens is 250 g/mol. The molecule has 0 atom stereocenters. The minimum Gasteiger partial charge on any atom is -0.497 e. The number of pyridine rings is 1. The fourth-order valence-corrected chi connectivity index (χ4v) is 2.46. The molecule has 0 N–H and O–H groups in total. The lowest BCUT2D eigenvalue weighted by atomic mass is 10.1. The summed E-state index contributed by atoms with van der Waals surface area (Å²) in [6.07, 6.45) is 4.73. The quantitative estimate of drug-likeness (QED) is 0.731. The number of benzene rings is 1. The summed E-state index contributed by atoms with van der Waals surface area (Å²) in [7, 11) is 1.67. The van der Waals surface area contributed by atoms with Crippen molar-refractivity contribution in [3.05, 3.63) is 48.2 Å².